The lowest BCUT2D eigenvalue weighted by Crippen LogP contribution is -2.14. The zero-order valence-corrected chi connectivity index (χ0v) is 11.2. The Balaban J connectivity index is 2.12. The Labute approximate surface area is 107 Å². The largest absolute Gasteiger partial charge is 0.313 e. The zero-order chi connectivity index (χ0) is 13.0. The molecule has 0 bridgehead atoms. The zero-order valence-electron chi connectivity index (χ0n) is 11.2. The summed E-state index contributed by atoms with van der Waals surface area (Å²) in [5.74, 6) is 0.943. The molecular weight excluding hydrogens is 228 g/mol. The molecule has 0 aliphatic carbocycles. The Morgan fingerprint density at radius 2 is 2.06 bits per heavy atom. The molecule has 6 heteroatoms. The van der Waals surface area contributed by atoms with E-state index in [2.05, 4.69) is 41.3 Å². The van der Waals surface area contributed by atoms with E-state index in [4.69, 9.17) is 0 Å². The number of hydrogen-bond acceptors (Lipinski definition) is 4. The van der Waals surface area contributed by atoms with Crippen molar-refractivity contribution in [2.75, 3.05) is 6.54 Å². The molecule has 0 saturated heterocycles. The first-order chi connectivity index (χ1) is 8.76. The highest BCUT2D eigenvalue weighted by molar-refractivity contribution is 5.16. The van der Waals surface area contributed by atoms with E-state index >= 15 is 0 Å². The maximum Gasteiger partial charge on any atom is 0.148 e. The number of aromatic nitrogens is 5. The van der Waals surface area contributed by atoms with E-state index in [9.17, 15) is 0 Å². The molecule has 0 aliphatic rings. The first-order valence-corrected chi connectivity index (χ1v) is 6.34. The molecular formula is C12H20N6. The van der Waals surface area contributed by atoms with Crippen LogP contribution in [0.1, 0.15) is 30.9 Å². The molecule has 0 atom stereocenters. The summed E-state index contributed by atoms with van der Waals surface area (Å²) in [7, 11) is 0. The first-order valence-electron chi connectivity index (χ1n) is 6.34. The summed E-state index contributed by atoms with van der Waals surface area (Å²) in [6, 6.07) is 0. The van der Waals surface area contributed by atoms with Gasteiger partial charge in [0.15, 0.2) is 0 Å². The van der Waals surface area contributed by atoms with Crippen LogP contribution in [0.25, 0.3) is 0 Å². The summed E-state index contributed by atoms with van der Waals surface area (Å²) >= 11 is 0. The molecule has 0 fully saturated rings. The third-order valence-corrected chi connectivity index (χ3v) is 3.06. The van der Waals surface area contributed by atoms with E-state index in [0.717, 1.165) is 25.5 Å². The standard InChI is InChI=1S/C12H20N6/c1-4-13-6-11-7-15-18(10(11)3)8-12-14-9-16-17(12)5-2/h7,9,13H,4-6,8H2,1-3H3. The van der Waals surface area contributed by atoms with Crippen molar-refractivity contribution in [3.63, 3.8) is 0 Å². The van der Waals surface area contributed by atoms with E-state index < -0.39 is 0 Å². The van der Waals surface area contributed by atoms with E-state index in [1.807, 2.05) is 15.6 Å². The fourth-order valence-corrected chi connectivity index (χ4v) is 1.89. The molecule has 0 amide bonds. The Morgan fingerprint density at radius 3 is 2.78 bits per heavy atom. The number of aryl methyl sites for hydroxylation is 1. The molecule has 0 aromatic carbocycles. The van der Waals surface area contributed by atoms with Crippen LogP contribution in [0.15, 0.2) is 12.5 Å². The van der Waals surface area contributed by atoms with E-state index in [-0.39, 0.29) is 0 Å². The van der Waals surface area contributed by atoms with Crippen LogP contribution in [0.3, 0.4) is 0 Å². The normalized spacial score (nSPS) is 11.1. The van der Waals surface area contributed by atoms with Gasteiger partial charge in [-0.15, -0.1) is 0 Å². The average Bonchev–Trinajstić information content (AvgIpc) is 2.96. The van der Waals surface area contributed by atoms with Crippen LogP contribution < -0.4 is 5.32 Å². The van der Waals surface area contributed by atoms with Crippen LogP contribution >= 0.6 is 0 Å². The van der Waals surface area contributed by atoms with Gasteiger partial charge in [0, 0.05) is 24.3 Å². The molecule has 2 aromatic heterocycles. The predicted molar refractivity (Wildman–Crippen MR) is 69.1 cm³/mol. The van der Waals surface area contributed by atoms with Gasteiger partial charge in [0.05, 0.1) is 6.20 Å². The summed E-state index contributed by atoms with van der Waals surface area (Å²) in [5, 5.41) is 11.9. The molecule has 0 saturated carbocycles. The van der Waals surface area contributed by atoms with Gasteiger partial charge in [-0.1, -0.05) is 6.92 Å². The Hall–Kier alpha value is -1.69. The number of nitrogens with one attached hydrogen (secondary N) is 1. The summed E-state index contributed by atoms with van der Waals surface area (Å²) < 4.78 is 3.87. The maximum absolute atomic E-state index is 4.41. The highest BCUT2D eigenvalue weighted by atomic mass is 15.4. The summed E-state index contributed by atoms with van der Waals surface area (Å²) in [4.78, 5) is 4.27. The van der Waals surface area contributed by atoms with Crippen LogP contribution in [-0.4, -0.2) is 31.1 Å². The van der Waals surface area contributed by atoms with Crippen LogP contribution in [0.5, 0.6) is 0 Å². The van der Waals surface area contributed by atoms with Gasteiger partial charge in [0.1, 0.15) is 18.7 Å². The van der Waals surface area contributed by atoms with E-state index in [1.165, 1.54) is 11.3 Å². The smallest absolute Gasteiger partial charge is 0.148 e. The van der Waals surface area contributed by atoms with E-state index in [0.29, 0.717) is 6.54 Å². The molecule has 6 nitrogen and oxygen atoms in total. The minimum Gasteiger partial charge on any atom is -0.313 e. The third-order valence-electron chi connectivity index (χ3n) is 3.06. The van der Waals surface area contributed by atoms with Crippen LogP contribution in [0.4, 0.5) is 0 Å². The van der Waals surface area contributed by atoms with Gasteiger partial charge in [0.25, 0.3) is 0 Å². The van der Waals surface area contributed by atoms with Gasteiger partial charge in [-0.2, -0.15) is 10.2 Å². The molecule has 0 aliphatic heterocycles. The SMILES string of the molecule is CCNCc1cnn(Cc2ncnn2CC)c1C. The van der Waals surface area contributed by atoms with Crippen molar-refractivity contribution in [2.24, 2.45) is 0 Å². The second-order valence-corrected chi connectivity index (χ2v) is 4.19. The minimum absolute atomic E-state index is 0.672. The Morgan fingerprint density at radius 1 is 1.22 bits per heavy atom. The summed E-state index contributed by atoms with van der Waals surface area (Å²) in [5.41, 5.74) is 2.42. The summed E-state index contributed by atoms with van der Waals surface area (Å²) in [6.07, 6.45) is 3.52. The monoisotopic (exact) mass is 248 g/mol. The number of nitrogens with zero attached hydrogens (tertiary/aromatic N) is 5. The van der Waals surface area contributed by atoms with Crippen LogP contribution in [-0.2, 0) is 19.6 Å². The molecule has 18 heavy (non-hydrogen) atoms. The van der Waals surface area contributed by atoms with Gasteiger partial charge >= 0.3 is 0 Å². The first kappa shape index (κ1) is 12.8. The topological polar surface area (TPSA) is 60.6 Å². The van der Waals surface area contributed by atoms with Crippen molar-refractivity contribution in [3.05, 3.63) is 29.6 Å². The molecule has 2 aromatic rings. The second kappa shape index (κ2) is 5.77. The van der Waals surface area contributed by atoms with Crippen molar-refractivity contribution >= 4 is 0 Å². The lowest BCUT2D eigenvalue weighted by Gasteiger charge is -2.06. The third kappa shape index (κ3) is 2.59. The van der Waals surface area contributed by atoms with Gasteiger partial charge in [-0.05, 0) is 20.4 Å². The molecule has 0 radical (unpaired) electrons. The average molecular weight is 248 g/mol. The highest BCUT2D eigenvalue weighted by Gasteiger charge is 2.09. The van der Waals surface area contributed by atoms with Crippen molar-refractivity contribution in [3.8, 4) is 0 Å². The lowest BCUT2D eigenvalue weighted by atomic mass is 10.2. The molecule has 2 heterocycles. The maximum atomic E-state index is 4.41. The van der Waals surface area contributed by atoms with Crippen molar-refractivity contribution in [1.29, 1.82) is 0 Å². The van der Waals surface area contributed by atoms with Crippen LogP contribution in [0.2, 0.25) is 0 Å². The van der Waals surface area contributed by atoms with E-state index in [1.54, 1.807) is 6.33 Å². The Kier molecular flexibility index (Phi) is 4.09. The lowest BCUT2D eigenvalue weighted by molar-refractivity contribution is 0.560. The van der Waals surface area contributed by atoms with Gasteiger partial charge in [0.2, 0.25) is 0 Å². The van der Waals surface area contributed by atoms with Crippen LogP contribution in [0, 0.1) is 6.92 Å². The van der Waals surface area contributed by atoms with Gasteiger partial charge < -0.3 is 5.32 Å². The summed E-state index contributed by atoms with van der Waals surface area (Å²) in [6.45, 7) is 9.59. The fraction of sp³-hybridized carbons (Fsp3) is 0.583. The highest BCUT2D eigenvalue weighted by Crippen LogP contribution is 2.08. The fourth-order valence-electron chi connectivity index (χ4n) is 1.89. The molecule has 1 N–H and O–H groups in total. The van der Waals surface area contributed by atoms with Gasteiger partial charge in [-0.3, -0.25) is 4.68 Å². The second-order valence-electron chi connectivity index (χ2n) is 4.19. The number of hydrogen-bond donors (Lipinski definition) is 1. The predicted octanol–water partition coefficient (Wildman–Crippen LogP) is 0.961. The molecule has 2 rings (SSSR count). The van der Waals surface area contributed by atoms with Crippen molar-refractivity contribution in [1.82, 2.24) is 29.9 Å². The van der Waals surface area contributed by atoms with Crippen molar-refractivity contribution < 1.29 is 0 Å². The number of rotatable bonds is 6. The minimum atomic E-state index is 0.672. The van der Waals surface area contributed by atoms with Gasteiger partial charge in [-0.25, -0.2) is 9.67 Å². The molecule has 0 spiro atoms. The molecule has 0 unspecified atom stereocenters. The van der Waals surface area contributed by atoms with Crippen molar-refractivity contribution in [2.45, 2.75) is 40.4 Å². The molecule has 98 valence electrons. The Bertz CT molecular complexity index is 498. The quantitative estimate of drug-likeness (QED) is 0.827.